The fraction of sp³-hybridized carbons (Fsp3) is 0.593. The highest BCUT2D eigenvalue weighted by molar-refractivity contribution is 7.10. The van der Waals surface area contributed by atoms with Crippen molar-refractivity contribution in [3.05, 3.63) is 51.7 Å². The zero-order valence-corrected chi connectivity index (χ0v) is 19.8. The molecule has 170 valence electrons. The zero-order valence-electron chi connectivity index (χ0n) is 19.0. The van der Waals surface area contributed by atoms with E-state index in [1.165, 1.54) is 58.0 Å². The van der Waals surface area contributed by atoms with E-state index in [2.05, 4.69) is 27.7 Å². The highest BCUT2D eigenvalue weighted by Gasteiger charge is 2.50. The van der Waals surface area contributed by atoms with Gasteiger partial charge in [-0.2, -0.15) is 5.26 Å². The Morgan fingerprint density at radius 1 is 1.06 bits per heavy atom. The van der Waals surface area contributed by atoms with Crippen LogP contribution in [0.15, 0.2) is 35.7 Å². The number of piperidine rings is 1. The third kappa shape index (κ3) is 4.33. The van der Waals surface area contributed by atoms with Crippen LogP contribution in [0, 0.1) is 23.2 Å². The number of nitrogens with one attached hydrogen (secondary N) is 1. The number of benzene rings is 1. The van der Waals surface area contributed by atoms with E-state index < -0.39 is 0 Å². The van der Waals surface area contributed by atoms with E-state index in [4.69, 9.17) is 10.00 Å². The minimum atomic E-state index is 0.231. The van der Waals surface area contributed by atoms with Crippen molar-refractivity contribution in [2.24, 2.45) is 11.8 Å². The molecule has 1 saturated heterocycles. The van der Waals surface area contributed by atoms with Gasteiger partial charge in [-0.3, -0.25) is 0 Å². The highest BCUT2D eigenvalue weighted by Crippen LogP contribution is 2.51. The average molecular weight is 450 g/mol. The van der Waals surface area contributed by atoms with Crippen LogP contribution in [-0.4, -0.2) is 37.7 Å². The smallest absolute Gasteiger partial charge is 0.119 e. The fourth-order valence-electron chi connectivity index (χ4n) is 6.54. The molecule has 32 heavy (non-hydrogen) atoms. The summed E-state index contributed by atoms with van der Waals surface area (Å²) in [5.74, 6) is 2.43. The summed E-state index contributed by atoms with van der Waals surface area (Å²) in [4.78, 5) is 4.29. The summed E-state index contributed by atoms with van der Waals surface area (Å²) in [6, 6.07) is 12.0. The lowest BCUT2D eigenvalue weighted by atomic mass is 9.64. The van der Waals surface area contributed by atoms with Gasteiger partial charge >= 0.3 is 0 Å². The molecule has 1 aromatic heterocycles. The second kappa shape index (κ2) is 9.95. The van der Waals surface area contributed by atoms with Crippen molar-refractivity contribution in [2.75, 3.05) is 32.8 Å². The maximum atomic E-state index is 8.90. The molecule has 1 N–H and O–H groups in total. The maximum absolute atomic E-state index is 8.90. The molecule has 5 rings (SSSR count). The quantitative estimate of drug-likeness (QED) is 0.580. The molecule has 1 unspecified atom stereocenters. The largest absolute Gasteiger partial charge is 0.494 e. The molecule has 4 nitrogen and oxygen atoms in total. The van der Waals surface area contributed by atoms with E-state index in [1.54, 1.807) is 10.4 Å². The second-order valence-electron chi connectivity index (χ2n) is 9.74. The van der Waals surface area contributed by atoms with Crippen molar-refractivity contribution in [3.63, 3.8) is 0 Å². The minimum absolute atomic E-state index is 0.231. The van der Waals surface area contributed by atoms with Gasteiger partial charge < -0.3 is 15.0 Å². The number of hydrogen-bond donors (Lipinski definition) is 1. The number of hydrogen-bond acceptors (Lipinski definition) is 5. The Hall–Kier alpha value is -1.87. The van der Waals surface area contributed by atoms with Gasteiger partial charge in [0.2, 0.25) is 0 Å². The summed E-state index contributed by atoms with van der Waals surface area (Å²) in [6.07, 6.45) is 10.5. The molecule has 5 heteroatoms. The van der Waals surface area contributed by atoms with Crippen LogP contribution in [0.3, 0.4) is 0 Å². The number of ether oxygens (including phenoxy) is 1. The van der Waals surface area contributed by atoms with E-state index in [1.807, 2.05) is 35.6 Å². The Morgan fingerprint density at radius 2 is 1.81 bits per heavy atom. The number of nitriles is 1. The van der Waals surface area contributed by atoms with Crippen LogP contribution in [0.2, 0.25) is 0 Å². The molecule has 0 radical (unpaired) electrons. The van der Waals surface area contributed by atoms with Crippen LogP contribution in [0.25, 0.3) is 0 Å². The van der Waals surface area contributed by atoms with E-state index >= 15 is 0 Å². The summed E-state index contributed by atoms with van der Waals surface area (Å²) < 4.78 is 5.88. The molecule has 2 aliphatic heterocycles. The van der Waals surface area contributed by atoms with Crippen molar-refractivity contribution in [3.8, 4) is 11.8 Å². The molecule has 2 fully saturated rings. The Kier molecular flexibility index (Phi) is 6.83. The van der Waals surface area contributed by atoms with Gasteiger partial charge in [-0.15, -0.1) is 11.3 Å². The summed E-state index contributed by atoms with van der Waals surface area (Å²) in [5.41, 5.74) is 2.57. The second-order valence-corrected chi connectivity index (χ2v) is 10.7. The number of rotatable bonds is 7. The molecule has 0 bridgehead atoms. The molecule has 1 aromatic carbocycles. The molecule has 1 saturated carbocycles. The molecule has 1 aliphatic carbocycles. The van der Waals surface area contributed by atoms with Crippen LogP contribution >= 0.6 is 11.3 Å². The Balaban J connectivity index is 1.15. The van der Waals surface area contributed by atoms with Crippen LogP contribution < -0.4 is 10.1 Å². The third-order valence-electron chi connectivity index (χ3n) is 8.06. The third-order valence-corrected chi connectivity index (χ3v) is 9.04. The lowest BCUT2D eigenvalue weighted by molar-refractivity contribution is 0.0549. The number of thiophene rings is 1. The average Bonchev–Trinajstić information content (AvgIpc) is 3.55. The van der Waals surface area contributed by atoms with Crippen LogP contribution in [0.5, 0.6) is 5.75 Å². The highest BCUT2D eigenvalue weighted by atomic mass is 32.1. The van der Waals surface area contributed by atoms with Crippen molar-refractivity contribution < 1.29 is 4.74 Å². The van der Waals surface area contributed by atoms with Gasteiger partial charge in [0.05, 0.1) is 23.8 Å². The van der Waals surface area contributed by atoms with Gasteiger partial charge in [0, 0.05) is 18.0 Å². The van der Waals surface area contributed by atoms with Crippen molar-refractivity contribution in [1.29, 1.82) is 5.26 Å². The van der Waals surface area contributed by atoms with E-state index in [9.17, 15) is 0 Å². The lowest BCUT2D eigenvalue weighted by Gasteiger charge is -2.51. The van der Waals surface area contributed by atoms with E-state index in [0.29, 0.717) is 5.56 Å². The van der Waals surface area contributed by atoms with Gasteiger partial charge in [-0.05, 0) is 105 Å². The molecule has 3 heterocycles. The molecule has 1 atom stereocenters. The van der Waals surface area contributed by atoms with Gasteiger partial charge in [0.25, 0.3) is 0 Å². The first-order valence-corrected chi connectivity index (χ1v) is 13.3. The predicted octanol–water partition coefficient (Wildman–Crippen LogP) is 5.33. The summed E-state index contributed by atoms with van der Waals surface area (Å²) in [6.45, 7) is 5.40. The first kappa shape index (κ1) is 21.9. The van der Waals surface area contributed by atoms with E-state index in [-0.39, 0.29) is 5.54 Å². The molecule has 2 aromatic rings. The van der Waals surface area contributed by atoms with Gasteiger partial charge in [0.1, 0.15) is 5.75 Å². The molecule has 0 amide bonds. The first-order valence-electron chi connectivity index (χ1n) is 12.5. The first-order chi connectivity index (χ1) is 15.8. The molecular formula is C27H35N3OS. The monoisotopic (exact) mass is 449 g/mol. The Bertz CT molecular complexity index is 919. The predicted molar refractivity (Wildman–Crippen MR) is 130 cm³/mol. The fourth-order valence-corrected chi connectivity index (χ4v) is 7.49. The summed E-state index contributed by atoms with van der Waals surface area (Å²) >= 11 is 1.98. The Labute approximate surface area is 196 Å². The molecule has 3 aliphatic rings. The number of nitrogens with zero attached hydrogens (tertiary/aromatic N) is 2. The van der Waals surface area contributed by atoms with Crippen LogP contribution in [0.1, 0.15) is 60.9 Å². The topological polar surface area (TPSA) is 48.3 Å². The number of likely N-dealkylation sites (tertiary alicyclic amines) is 1. The summed E-state index contributed by atoms with van der Waals surface area (Å²) in [7, 11) is 0. The van der Waals surface area contributed by atoms with Crippen LogP contribution in [0.4, 0.5) is 0 Å². The minimum Gasteiger partial charge on any atom is -0.494 e. The lowest BCUT2D eigenvalue weighted by Crippen LogP contribution is -2.58. The molecule has 0 spiro atoms. The van der Waals surface area contributed by atoms with Crippen molar-refractivity contribution in [1.82, 2.24) is 10.2 Å². The summed E-state index contributed by atoms with van der Waals surface area (Å²) in [5, 5.41) is 15.4. The maximum Gasteiger partial charge on any atom is 0.119 e. The van der Waals surface area contributed by atoms with Gasteiger partial charge in [-0.1, -0.05) is 12.8 Å². The van der Waals surface area contributed by atoms with E-state index in [0.717, 1.165) is 43.7 Å². The molecular weight excluding hydrogens is 414 g/mol. The van der Waals surface area contributed by atoms with Crippen molar-refractivity contribution in [2.45, 2.75) is 56.9 Å². The Morgan fingerprint density at radius 3 is 2.56 bits per heavy atom. The van der Waals surface area contributed by atoms with Gasteiger partial charge in [0.15, 0.2) is 0 Å². The van der Waals surface area contributed by atoms with Crippen molar-refractivity contribution >= 4 is 11.3 Å². The number of fused-ring (bicyclic) bond motifs is 1. The normalized spacial score (nSPS) is 24.8. The van der Waals surface area contributed by atoms with Crippen LogP contribution in [-0.2, 0) is 12.0 Å². The zero-order chi connectivity index (χ0) is 21.8. The SMILES string of the molecule is N#Cc1ccc(OCCCN2CCC(C3(C4CCCC4)NCCc4sccc43)CC2)cc1. The standard InChI is InChI=1S/C27H35N3OS/c28-20-21-6-8-24(9-7-21)31-18-3-15-30-16-11-23(12-17-30)27(22-4-1-2-5-22)25-13-19-32-26(25)10-14-29-27/h6-9,13,19,22-23,29H,1-5,10-12,14-18H2. The van der Waals surface area contributed by atoms with Gasteiger partial charge in [-0.25, -0.2) is 0 Å².